The molecule has 0 radical (unpaired) electrons. The smallest absolute Gasteiger partial charge is 0.358 e. The Labute approximate surface area is 100 Å². The molecular weight excluding hydrogens is 220 g/mol. The van der Waals surface area contributed by atoms with Crippen LogP contribution in [0.3, 0.4) is 0 Å². The van der Waals surface area contributed by atoms with Gasteiger partial charge >= 0.3 is 5.97 Å². The zero-order chi connectivity index (χ0) is 12.3. The number of likely N-dealkylation sites (N-methyl/N-ethyl adjacent to an activating group) is 1. The van der Waals surface area contributed by atoms with Gasteiger partial charge in [0.05, 0.1) is 12.7 Å². The topological polar surface area (TPSA) is 71.2 Å². The molecule has 1 atom stereocenters. The Bertz CT molecular complexity index is 391. The maximum Gasteiger partial charge on any atom is 0.358 e. The van der Waals surface area contributed by atoms with Gasteiger partial charge in [0.2, 0.25) is 0 Å². The monoisotopic (exact) mass is 238 g/mol. The molecule has 1 aromatic heterocycles. The van der Waals surface area contributed by atoms with E-state index in [9.17, 15) is 4.79 Å². The molecule has 0 saturated carbocycles. The summed E-state index contributed by atoms with van der Waals surface area (Å²) < 4.78 is 1.64. The first-order chi connectivity index (χ1) is 8.20. The van der Waals surface area contributed by atoms with Gasteiger partial charge in [-0.05, 0) is 25.9 Å². The summed E-state index contributed by atoms with van der Waals surface area (Å²) in [4.78, 5) is 13.1. The van der Waals surface area contributed by atoms with Crippen molar-refractivity contribution in [1.29, 1.82) is 0 Å². The number of piperidine rings is 1. The van der Waals surface area contributed by atoms with E-state index in [4.69, 9.17) is 5.11 Å². The highest BCUT2D eigenvalue weighted by molar-refractivity contribution is 5.84. The van der Waals surface area contributed by atoms with Gasteiger partial charge in [0.15, 0.2) is 5.69 Å². The van der Waals surface area contributed by atoms with Crippen LogP contribution in [0.25, 0.3) is 0 Å². The number of carbonyl (C=O) groups is 1. The number of likely N-dealkylation sites (tertiary alicyclic amines) is 1. The van der Waals surface area contributed by atoms with E-state index in [2.05, 4.69) is 22.1 Å². The van der Waals surface area contributed by atoms with Crippen molar-refractivity contribution in [1.82, 2.24) is 19.9 Å². The Morgan fingerprint density at radius 1 is 1.59 bits per heavy atom. The maximum atomic E-state index is 10.7. The fraction of sp³-hybridized carbons (Fsp3) is 0.727. The van der Waals surface area contributed by atoms with Gasteiger partial charge in [-0.3, -0.25) is 9.58 Å². The number of aromatic nitrogens is 3. The van der Waals surface area contributed by atoms with E-state index in [1.807, 2.05) is 0 Å². The number of hydrogen-bond acceptors (Lipinski definition) is 4. The summed E-state index contributed by atoms with van der Waals surface area (Å²) >= 11 is 0. The predicted molar refractivity (Wildman–Crippen MR) is 61.9 cm³/mol. The Kier molecular flexibility index (Phi) is 3.73. The van der Waals surface area contributed by atoms with Gasteiger partial charge in [0, 0.05) is 6.04 Å². The number of rotatable bonds is 4. The first-order valence-corrected chi connectivity index (χ1v) is 6.08. The zero-order valence-corrected chi connectivity index (χ0v) is 10.0. The quantitative estimate of drug-likeness (QED) is 0.842. The van der Waals surface area contributed by atoms with Crippen LogP contribution in [0.1, 0.15) is 36.7 Å². The van der Waals surface area contributed by atoms with Gasteiger partial charge in [-0.2, -0.15) is 0 Å². The average Bonchev–Trinajstić information content (AvgIpc) is 2.78. The molecule has 1 aliphatic rings. The molecule has 2 rings (SSSR count). The molecule has 0 bridgehead atoms. The Hall–Kier alpha value is -1.43. The lowest BCUT2D eigenvalue weighted by Crippen LogP contribution is -2.41. The summed E-state index contributed by atoms with van der Waals surface area (Å²) in [6.45, 7) is 5.04. The number of carboxylic acids is 1. The third-order valence-electron chi connectivity index (χ3n) is 3.31. The second-order valence-corrected chi connectivity index (χ2v) is 4.41. The third-order valence-corrected chi connectivity index (χ3v) is 3.31. The van der Waals surface area contributed by atoms with Crippen LogP contribution in [0.5, 0.6) is 0 Å². The van der Waals surface area contributed by atoms with Crippen LogP contribution in [-0.4, -0.2) is 50.1 Å². The summed E-state index contributed by atoms with van der Waals surface area (Å²) in [5.41, 5.74) is 0.0175. The predicted octanol–water partition coefficient (Wildman–Crippen LogP) is 0.851. The largest absolute Gasteiger partial charge is 0.476 e. The minimum absolute atomic E-state index is 0.0175. The average molecular weight is 238 g/mol. The zero-order valence-electron chi connectivity index (χ0n) is 10.0. The molecule has 1 fully saturated rings. The standard InChI is InChI=1S/C11H18N4O2/c1-2-14-6-4-3-5-9(14)7-15-8-10(11(16)17)12-13-15/h8-9H,2-7H2,1H3,(H,16,17)/t9-/m0/s1. The Morgan fingerprint density at radius 3 is 3.06 bits per heavy atom. The van der Waals surface area contributed by atoms with E-state index in [0.717, 1.165) is 26.1 Å². The lowest BCUT2D eigenvalue weighted by atomic mass is 10.0. The molecule has 1 aromatic rings. The SMILES string of the molecule is CCN1CCCC[C@H]1Cn1cc(C(=O)O)nn1. The second kappa shape index (κ2) is 5.27. The Morgan fingerprint density at radius 2 is 2.41 bits per heavy atom. The molecule has 17 heavy (non-hydrogen) atoms. The number of hydrogen-bond donors (Lipinski definition) is 1. The molecule has 0 spiro atoms. The van der Waals surface area contributed by atoms with Crippen molar-refractivity contribution in [3.8, 4) is 0 Å². The molecule has 1 N–H and O–H groups in total. The van der Waals surface area contributed by atoms with E-state index in [1.165, 1.54) is 19.0 Å². The van der Waals surface area contributed by atoms with Gasteiger partial charge in [-0.1, -0.05) is 18.6 Å². The molecule has 94 valence electrons. The molecule has 1 aliphatic heterocycles. The van der Waals surface area contributed by atoms with Gasteiger partial charge in [0.1, 0.15) is 0 Å². The van der Waals surface area contributed by atoms with E-state index in [0.29, 0.717) is 6.04 Å². The highest BCUT2D eigenvalue weighted by atomic mass is 16.4. The minimum atomic E-state index is -1.02. The van der Waals surface area contributed by atoms with E-state index in [1.54, 1.807) is 4.68 Å². The maximum absolute atomic E-state index is 10.7. The normalized spacial score (nSPS) is 21.6. The van der Waals surface area contributed by atoms with E-state index >= 15 is 0 Å². The van der Waals surface area contributed by atoms with E-state index < -0.39 is 5.97 Å². The van der Waals surface area contributed by atoms with Crippen molar-refractivity contribution in [2.24, 2.45) is 0 Å². The van der Waals surface area contributed by atoms with Crippen LogP contribution >= 0.6 is 0 Å². The molecule has 0 aromatic carbocycles. The summed E-state index contributed by atoms with van der Waals surface area (Å²) in [7, 11) is 0. The summed E-state index contributed by atoms with van der Waals surface area (Å²) in [5, 5.41) is 16.3. The van der Waals surface area contributed by atoms with Crippen LogP contribution in [0.15, 0.2) is 6.20 Å². The van der Waals surface area contributed by atoms with Crippen molar-refractivity contribution in [3.05, 3.63) is 11.9 Å². The Balaban J connectivity index is 2.00. The number of carboxylic acid groups (broad SMARTS) is 1. The van der Waals surface area contributed by atoms with Crippen molar-refractivity contribution >= 4 is 5.97 Å². The van der Waals surface area contributed by atoms with Crippen LogP contribution in [-0.2, 0) is 6.54 Å². The van der Waals surface area contributed by atoms with Crippen molar-refractivity contribution in [2.75, 3.05) is 13.1 Å². The number of aromatic carboxylic acids is 1. The lowest BCUT2D eigenvalue weighted by molar-refractivity contribution is 0.0690. The van der Waals surface area contributed by atoms with Gasteiger partial charge in [-0.15, -0.1) is 5.10 Å². The number of nitrogens with zero attached hydrogens (tertiary/aromatic N) is 4. The first-order valence-electron chi connectivity index (χ1n) is 6.08. The fourth-order valence-corrected chi connectivity index (χ4v) is 2.38. The molecule has 2 heterocycles. The molecule has 0 amide bonds. The second-order valence-electron chi connectivity index (χ2n) is 4.41. The van der Waals surface area contributed by atoms with Crippen molar-refractivity contribution < 1.29 is 9.90 Å². The van der Waals surface area contributed by atoms with Crippen LogP contribution < -0.4 is 0 Å². The van der Waals surface area contributed by atoms with Crippen LogP contribution in [0.4, 0.5) is 0 Å². The van der Waals surface area contributed by atoms with Gasteiger partial charge in [-0.25, -0.2) is 4.79 Å². The highest BCUT2D eigenvalue weighted by Crippen LogP contribution is 2.17. The first kappa shape index (κ1) is 12.0. The molecule has 1 saturated heterocycles. The molecule has 0 aliphatic carbocycles. The highest BCUT2D eigenvalue weighted by Gasteiger charge is 2.22. The molecule has 0 unspecified atom stereocenters. The molecule has 6 heteroatoms. The lowest BCUT2D eigenvalue weighted by Gasteiger charge is -2.34. The summed E-state index contributed by atoms with van der Waals surface area (Å²) in [6.07, 6.45) is 5.14. The van der Waals surface area contributed by atoms with Crippen LogP contribution in [0, 0.1) is 0 Å². The van der Waals surface area contributed by atoms with Crippen molar-refractivity contribution in [3.63, 3.8) is 0 Å². The van der Waals surface area contributed by atoms with Gasteiger partial charge < -0.3 is 5.11 Å². The van der Waals surface area contributed by atoms with E-state index in [-0.39, 0.29) is 5.69 Å². The van der Waals surface area contributed by atoms with Gasteiger partial charge in [0.25, 0.3) is 0 Å². The minimum Gasteiger partial charge on any atom is -0.476 e. The molecular formula is C11H18N4O2. The van der Waals surface area contributed by atoms with Crippen molar-refractivity contribution in [2.45, 2.75) is 38.8 Å². The van der Waals surface area contributed by atoms with Crippen LogP contribution in [0.2, 0.25) is 0 Å². The third kappa shape index (κ3) is 2.82. The summed E-state index contributed by atoms with van der Waals surface area (Å²) in [6, 6.07) is 0.456. The molecule has 6 nitrogen and oxygen atoms in total. The summed E-state index contributed by atoms with van der Waals surface area (Å²) in [5.74, 6) is -1.02. The fourth-order valence-electron chi connectivity index (χ4n) is 2.38.